The molecule has 0 aliphatic heterocycles. The molecule has 1 amide bonds. The van der Waals surface area contributed by atoms with Gasteiger partial charge in [-0.3, -0.25) is 4.79 Å². The van der Waals surface area contributed by atoms with Gasteiger partial charge in [-0.1, -0.05) is 6.92 Å². The quantitative estimate of drug-likeness (QED) is 0.497. The molecule has 0 radical (unpaired) electrons. The highest BCUT2D eigenvalue weighted by Crippen LogP contribution is 2.27. The molecule has 0 fully saturated rings. The molecule has 1 aromatic rings. The number of anilines is 1. The minimum Gasteiger partial charge on any atom is -0.493 e. The Balaban J connectivity index is 3.17. The highest BCUT2D eigenvalue weighted by Gasteiger charge is 2.33. The van der Waals surface area contributed by atoms with Gasteiger partial charge in [0.05, 0.1) is 12.2 Å². The highest BCUT2D eigenvalue weighted by atomic mass is 127. The van der Waals surface area contributed by atoms with Crippen LogP contribution in [-0.4, -0.2) is 29.1 Å². The summed E-state index contributed by atoms with van der Waals surface area (Å²) in [6, 6.07) is 3.17. The van der Waals surface area contributed by atoms with Crippen molar-refractivity contribution >= 4 is 40.2 Å². The molecule has 0 aliphatic rings. The Kier molecular flexibility index (Phi) is 5.82. The van der Waals surface area contributed by atoms with Crippen molar-refractivity contribution in [3.05, 3.63) is 21.3 Å². The lowest BCUT2D eigenvalue weighted by atomic mass is 9.98. The minimum absolute atomic E-state index is 0.268. The summed E-state index contributed by atoms with van der Waals surface area (Å²) in [4.78, 5) is 23.7. The van der Waals surface area contributed by atoms with E-state index in [2.05, 4.69) is 5.32 Å². The van der Waals surface area contributed by atoms with E-state index in [-0.39, 0.29) is 12.0 Å². The van der Waals surface area contributed by atoms with Gasteiger partial charge in [-0.15, -0.1) is 0 Å². The molecule has 0 aliphatic carbocycles. The van der Waals surface area contributed by atoms with Gasteiger partial charge in [0.1, 0.15) is 11.3 Å². The van der Waals surface area contributed by atoms with Crippen LogP contribution in [0.4, 0.5) is 5.69 Å². The van der Waals surface area contributed by atoms with Gasteiger partial charge in [0.2, 0.25) is 0 Å². The molecule has 1 atom stereocenters. The number of carboxylic acids is 1. The summed E-state index contributed by atoms with van der Waals surface area (Å²) < 4.78 is 6.11. The summed E-state index contributed by atoms with van der Waals surface area (Å²) in [7, 11) is 0. The SMILES string of the molecule is CCOc1cc(N)c(I)cc1C(=O)N[C@@](C)(CC)C(=O)O. The summed E-state index contributed by atoms with van der Waals surface area (Å²) in [6.07, 6.45) is 0.268. The highest BCUT2D eigenvalue weighted by molar-refractivity contribution is 14.1. The number of nitrogens with two attached hydrogens (primary N) is 1. The third kappa shape index (κ3) is 3.99. The first-order valence-corrected chi connectivity index (χ1v) is 7.60. The monoisotopic (exact) mass is 406 g/mol. The molecule has 21 heavy (non-hydrogen) atoms. The van der Waals surface area contributed by atoms with Crippen molar-refractivity contribution in [2.75, 3.05) is 12.3 Å². The molecule has 1 rings (SSSR count). The van der Waals surface area contributed by atoms with Crippen molar-refractivity contribution in [3.63, 3.8) is 0 Å². The number of carboxylic acid groups (broad SMARTS) is 1. The third-order valence-corrected chi connectivity index (χ3v) is 4.15. The van der Waals surface area contributed by atoms with Gasteiger partial charge in [-0.25, -0.2) is 4.79 Å². The fourth-order valence-electron chi connectivity index (χ4n) is 1.63. The second kappa shape index (κ2) is 6.97. The molecule has 7 heteroatoms. The van der Waals surface area contributed by atoms with E-state index in [0.29, 0.717) is 21.6 Å². The Morgan fingerprint density at radius 1 is 1.43 bits per heavy atom. The van der Waals surface area contributed by atoms with Crippen LogP contribution in [0.5, 0.6) is 5.75 Å². The number of nitrogens with one attached hydrogen (secondary N) is 1. The number of nitrogen functional groups attached to an aromatic ring is 1. The smallest absolute Gasteiger partial charge is 0.329 e. The average molecular weight is 406 g/mol. The fraction of sp³-hybridized carbons (Fsp3) is 0.429. The Labute approximate surface area is 137 Å². The van der Waals surface area contributed by atoms with Crippen LogP contribution < -0.4 is 15.8 Å². The van der Waals surface area contributed by atoms with Crippen molar-refractivity contribution in [2.45, 2.75) is 32.7 Å². The second-order valence-corrected chi connectivity index (χ2v) is 5.91. The first-order chi connectivity index (χ1) is 9.75. The Morgan fingerprint density at radius 2 is 2.05 bits per heavy atom. The first kappa shape index (κ1) is 17.5. The van der Waals surface area contributed by atoms with Gasteiger partial charge >= 0.3 is 5.97 Å². The molecule has 0 unspecified atom stereocenters. The van der Waals surface area contributed by atoms with Crippen molar-refractivity contribution in [1.82, 2.24) is 5.32 Å². The van der Waals surface area contributed by atoms with E-state index in [9.17, 15) is 14.7 Å². The molecule has 0 bridgehead atoms. The molecule has 1 aromatic carbocycles. The fourth-order valence-corrected chi connectivity index (χ4v) is 2.10. The van der Waals surface area contributed by atoms with Gasteiger partial charge in [0, 0.05) is 15.3 Å². The lowest BCUT2D eigenvalue weighted by Crippen LogP contribution is -2.51. The van der Waals surface area contributed by atoms with Gasteiger partial charge in [-0.05, 0) is 48.9 Å². The Hall–Kier alpha value is -1.51. The number of benzene rings is 1. The van der Waals surface area contributed by atoms with Crippen LogP contribution in [-0.2, 0) is 4.79 Å². The van der Waals surface area contributed by atoms with E-state index >= 15 is 0 Å². The zero-order valence-electron chi connectivity index (χ0n) is 12.2. The van der Waals surface area contributed by atoms with E-state index in [4.69, 9.17) is 10.5 Å². The third-order valence-electron chi connectivity index (χ3n) is 3.21. The largest absolute Gasteiger partial charge is 0.493 e. The van der Waals surface area contributed by atoms with Crippen LogP contribution in [0.3, 0.4) is 0 Å². The van der Waals surface area contributed by atoms with E-state index in [1.54, 1.807) is 26.0 Å². The van der Waals surface area contributed by atoms with Crippen LogP contribution in [0.25, 0.3) is 0 Å². The number of ether oxygens (including phenoxy) is 1. The van der Waals surface area contributed by atoms with Crippen LogP contribution >= 0.6 is 22.6 Å². The summed E-state index contributed by atoms with van der Waals surface area (Å²) in [5.74, 6) is -1.23. The summed E-state index contributed by atoms with van der Waals surface area (Å²) >= 11 is 2.01. The predicted molar refractivity (Wildman–Crippen MR) is 88.5 cm³/mol. The number of halogens is 1. The van der Waals surface area contributed by atoms with E-state index in [1.807, 2.05) is 22.6 Å². The molecule has 0 aromatic heterocycles. The molecular weight excluding hydrogens is 387 g/mol. The normalized spacial score (nSPS) is 13.3. The molecule has 0 spiro atoms. The summed E-state index contributed by atoms with van der Waals surface area (Å²) in [5, 5.41) is 11.8. The average Bonchev–Trinajstić information content (AvgIpc) is 2.42. The molecule has 4 N–H and O–H groups in total. The zero-order chi connectivity index (χ0) is 16.2. The molecule has 0 saturated carbocycles. The van der Waals surface area contributed by atoms with Crippen molar-refractivity contribution in [2.24, 2.45) is 0 Å². The molecule has 116 valence electrons. The Bertz CT molecular complexity index is 562. The van der Waals surface area contributed by atoms with Crippen LogP contribution in [0.2, 0.25) is 0 Å². The summed E-state index contributed by atoms with van der Waals surface area (Å²) in [6.45, 7) is 5.34. The molecular formula is C14H19IN2O4. The standard InChI is InChI=1S/C14H19IN2O4/c1-4-14(3,13(19)20)17-12(18)8-6-9(15)10(16)7-11(8)21-5-2/h6-7H,4-5,16H2,1-3H3,(H,17,18)(H,19,20)/t14-/m0/s1. The predicted octanol–water partition coefficient (Wildman–Crippen LogP) is 2.26. The molecule has 6 nitrogen and oxygen atoms in total. The van der Waals surface area contributed by atoms with Gasteiger partial charge in [0.15, 0.2) is 0 Å². The van der Waals surface area contributed by atoms with Gasteiger partial charge in [0.25, 0.3) is 5.91 Å². The number of amides is 1. The number of aliphatic carboxylic acids is 1. The lowest BCUT2D eigenvalue weighted by molar-refractivity contribution is -0.143. The molecule has 0 saturated heterocycles. The minimum atomic E-state index is -1.33. The zero-order valence-corrected chi connectivity index (χ0v) is 14.4. The van der Waals surface area contributed by atoms with Crippen LogP contribution in [0, 0.1) is 3.57 Å². The summed E-state index contributed by atoms with van der Waals surface area (Å²) in [5.41, 5.74) is 5.26. The topological polar surface area (TPSA) is 102 Å². The maximum atomic E-state index is 12.4. The Morgan fingerprint density at radius 3 is 2.52 bits per heavy atom. The molecule has 0 heterocycles. The number of hydrogen-bond acceptors (Lipinski definition) is 4. The first-order valence-electron chi connectivity index (χ1n) is 6.52. The van der Waals surface area contributed by atoms with Crippen molar-refractivity contribution in [3.8, 4) is 5.75 Å². The van der Waals surface area contributed by atoms with E-state index in [1.165, 1.54) is 6.92 Å². The second-order valence-electron chi connectivity index (χ2n) is 4.75. The van der Waals surface area contributed by atoms with Crippen molar-refractivity contribution < 1.29 is 19.4 Å². The lowest BCUT2D eigenvalue weighted by Gasteiger charge is -2.25. The van der Waals surface area contributed by atoms with E-state index < -0.39 is 17.4 Å². The van der Waals surface area contributed by atoms with Gasteiger partial charge < -0.3 is 20.9 Å². The number of carbonyl (C=O) groups excluding carboxylic acids is 1. The van der Waals surface area contributed by atoms with E-state index in [0.717, 1.165) is 0 Å². The number of carbonyl (C=O) groups is 2. The van der Waals surface area contributed by atoms with Crippen molar-refractivity contribution in [1.29, 1.82) is 0 Å². The number of rotatable bonds is 6. The number of hydrogen-bond donors (Lipinski definition) is 3. The van der Waals surface area contributed by atoms with Crippen LogP contribution in [0.1, 0.15) is 37.6 Å². The maximum absolute atomic E-state index is 12.4. The van der Waals surface area contributed by atoms with Crippen LogP contribution in [0.15, 0.2) is 12.1 Å². The maximum Gasteiger partial charge on any atom is 0.329 e. The van der Waals surface area contributed by atoms with Gasteiger partial charge in [-0.2, -0.15) is 0 Å².